The normalized spacial score (nSPS) is 10.4. The Morgan fingerprint density at radius 2 is 1.94 bits per heavy atom. The quantitative estimate of drug-likeness (QED) is 0.719. The van der Waals surface area contributed by atoms with E-state index in [0.717, 1.165) is 5.56 Å². The number of hydrogen-bond acceptors (Lipinski definition) is 2. The highest BCUT2D eigenvalue weighted by Gasteiger charge is 1.93. The van der Waals surface area contributed by atoms with E-state index in [1.54, 1.807) is 36.5 Å². The number of benzene rings is 2. The van der Waals surface area contributed by atoms with Gasteiger partial charge in [-0.25, -0.2) is 4.39 Å². The van der Waals surface area contributed by atoms with Crippen LogP contribution in [0.5, 0.6) is 0 Å². The Kier molecular flexibility index (Phi) is 3.27. The smallest absolute Gasteiger partial charge is 0.125 e. The summed E-state index contributed by atoms with van der Waals surface area (Å²) < 4.78 is 12.9. The maximum atomic E-state index is 12.9. The Morgan fingerprint density at radius 1 is 1.12 bits per heavy atom. The molecule has 0 atom stereocenters. The second-order valence-corrected chi connectivity index (χ2v) is 3.48. The number of halogens is 1. The van der Waals surface area contributed by atoms with E-state index >= 15 is 0 Å². The average Bonchev–Trinajstić information content (AvgIpc) is 2.37. The van der Waals surface area contributed by atoms with E-state index in [2.05, 4.69) is 11.1 Å². The van der Waals surface area contributed by atoms with Crippen molar-refractivity contribution in [1.29, 1.82) is 5.26 Å². The van der Waals surface area contributed by atoms with Gasteiger partial charge in [-0.1, -0.05) is 18.2 Å². The first-order valence-corrected chi connectivity index (χ1v) is 5.08. The van der Waals surface area contributed by atoms with Crippen LogP contribution < -0.4 is 0 Å². The summed E-state index contributed by atoms with van der Waals surface area (Å²) in [7, 11) is 0. The molecule has 0 fully saturated rings. The molecule has 0 saturated carbocycles. The summed E-state index contributed by atoms with van der Waals surface area (Å²) in [6.07, 6.45) is 1.61. The zero-order valence-corrected chi connectivity index (χ0v) is 8.97. The Bertz CT molecular complexity index is 597. The second-order valence-electron chi connectivity index (χ2n) is 3.48. The third-order valence-corrected chi connectivity index (χ3v) is 2.19. The Balaban J connectivity index is 2.23. The summed E-state index contributed by atoms with van der Waals surface area (Å²) in [6.45, 7) is 0. The lowest BCUT2D eigenvalue weighted by Crippen LogP contribution is -1.82. The fraction of sp³-hybridized carbons (Fsp3) is 0. The monoisotopic (exact) mass is 224 g/mol. The molecule has 0 bridgehead atoms. The predicted octanol–water partition coefficient (Wildman–Crippen LogP) is 3.45. The van der Waals surface area contributed by atoms with Crippen molar-refractivity contribution in [3.63, 3.8) is 0 Å². The summed E-state index contributed by atoms with van der Waals surface area (Å²) in [5.41, 5.74) is 1.94. The molecule has 0 aliphatic rings. The maximum absolute atomic E-state index is 12.9. The van der Waals surface area contributed by atoms with Crippen molar-refractivity contribution >= 4 is 11.9 Å². The summed E-state index contributed by atoms with van der Waals surface area (Å²) in [6, 6.07) is 15.2. The lowest BCUT2D eigenvalue weighted by molar-refractivity contribution is 0.628. The third-order valence-electron chi connectivity index (χ3n) is 2.19. The lowest BCUT2D eigenvalue weighted by atomic mass is 10.1. The fourth-order valence-corrected chi connectivity index (χ4v) is 1.39. The highest BCUT2D eigenvalue weighted by atomic mass is 19.1. The minimum atomic E-state index is -0.314. The van der Waals surface area contributed by atoms with E-state index in [1.807, 2.05) is 6.07 Å². The van der Waals surface area contributed by atoms with Gasteiger partial charge in [0.1, 0.15) is 5.82 Å². The van der Waals surface area contributed by atoms with Crippen LogP contribution in [-0.2, 0) is 0 Å². The lowest BCUT2D eigenvalue weighted by Gasteiger charge is -1.95. The molecule has 0 N–H and O–H groups in total. The standard InChI is InChI=1S/C14H9FN2/c15-13-5-2-6-14(8-13)17-10-12-4-1-3-11(7-12)9-16/h1-8,10H. The van der Waals surface area contributed by atoms with Gasteiger partial charge in [0.15, 0.2) is 0 Å². The Hall–Kier alpha value is -2.47. The van der Waals surface area contributed by atoms with Crippen molar-refractivity contribution in [2.75, 3.05) is 0 Å². The minimum Gasteiger partial charge on any atom is -0.256 e. The fourth-order valence-electron chi connectivity index (χ4n) is 1.39. The SMILES string of the molecule is N#Cc1cccc(C=Nc2cccc(F)c2)c1. The number of aliphatic imine (C=N–C) groups is 1. The van der Waals surface area contributed by atoms with Crippen LogP contribution in [-0.4, -0.2) is 6.21 Å². The number of nitrogens with zero attached hydrogens (tertiary/aromatic N) is 2. The highest BCUT2D eigenvalue weighted by molar-refractivity contribution is 5.82. The van der Waals surface area contributed by atoms with Crippen LogP contribution in [0.3, 0.4) is 0 Å². The van der Waals surface area contributed by atoms with Gasteiger partial charge in [0.25, 0.3) is 0 Å². The number of rotatable bonds is 2. The van der Waals surface area contributed by atoms with Crippen LogP contribution in [0.2, 0.25) is 0 Å². The largest absolute Gasteiger partial charge is 0.256 e. The Morgan fingerprint density at radius 3 is 2.71 bits per heavy atom. The molecule has 2 aromatic rings. The van der Waals surface area contributed by atoms with Crippen LogP contribution in [0.1, 0.15) is 11.1 Å². The molecule has 0 spiro atoms. The summed E-state index contributed by atoms with van der Waals surface area (Å²) in [4.78, 5) is 4.14. The molecule has 0 amide bonds. The molecular weight excluding hydrogens is 215 g/mol. The van der Waals surface area contributed by atoms with Gasteiger partial charge in [0, 0.05) is 6.21 Å². The van der Waals surface area contributed by atoms with Crippen molar-refractivity contribution in [3.05, 3.63) is 65.5 Å². The van der Waals surface area contributed by atoms with E-state index in [4.69, 9.17) is 5.26 Å². The zero-order valence-electron chi connectivity index (χ0n) is 8.97. The van der Waals surface area contributed by atoms with E-state index in [-0.39, 0.29) is 5.82 Å². The van der Waals surface area contributed by atoms with Gasteiger partial charge in [-0.15, -0.1) is 0 Å². The third kappa shape index (κ3) is 2.99. The van der Waals surface area contributed by atoms with Crippen LogP contribution in [0.15, 0.2) is 53.5 Å². The van der Waals surface area contributed by atoms with Gasteiger partial charge in [0.2, 0.25) is 0 Å². The molecule has 0 heterocycles. The van der Waals surface area contributed by atoms with Crippen LogP contribution in [0.25, 0.3) is 0 Å². The van der Waals surface area contributed by atoms with E-state index < -0.39 is 0 Å². The molecule has 0 radical (unpaired) electrons. The predicted molar refractivity (Wildman–Crippen MR) is 64.8 cm³/mol. The first kappa shape index (κ1) is 11.0. The Labute approximate surface area is 98.7 Å². The molecule has 0 aliphatic heterocycles. The number of nitriles is 1. The molecule has 17 heavy (non-hydrogen) atoms. The first-order valence-electron chi connectivity index (χ1n) is 5.08. The van der Waals surface area contributed by atoms with Crippen LogP contribution in [0, 0.1) is 17.1 Å². The van der Waals surface area contributed by atoms with E-state index in [9.17, 15) is 4.39 Å². The van der Waals surface area contributed by atoms with Gasteiger partial charge in [-0.3, -0.25) is 4.99 Å². The highest BCUT2D eigenvalue weighted by Crippen LogP contribution is 2.13. The van der Waals surface area contributed by atoms with Gasteiger partial charge < -0.3 is 0 Å². The molecule has 82 valence electrons. The van der Waals surface area contributed by atoms with Gasteiger partial charge in [-0.2, -0.15) is 5.26 Å². The maximum Gasteiger partial charge on any atom is 0.125 e. The summed E-state index contributed by atoms with van der Waals surface area (Å²) in [5.74, 6) is -0.314. The molecule has 0 saturated heterocycles. The molecule has 3 heteroatoms. The topological polar surface area (TPSA) is 36.1 Å². The van der Waals surface area contributed by atoms with Crippen molar-refractivity contribution in [3.8, 4) is 6.07 Å². The van der Waals surface area contributed by atoms with E-state index in [1.165, 1.54) is 12.1 Å². The van der Waals surface area contributed by atoms with Gasteiger partial charge in [-0.05, 0) is 35.9 Å². The molecule has 2 rings (SSSR count). The van der Waals surface area contributed by atoms with Crippen molar-refractivity contribution < 1.29 is 4.39 Å². The summed E-state index contributed by atoms with van der Waals surface area (Å²) in [5, 5.41) is 8.74. The van der Waals surface area contributed by atoms with Crippen LogP contribution in [0.4, 0.5) is 10.1 Å². The molecule has 0 aliphatic carbocycles. The van der Waals surface area contributed by atoms with Crippen molar-refractivity contribution in [2.45, 2.75) is 0 Å². The second kappa shape index (κ2) is 5.04. The van der Waals surface area contributed by atoms with E-state index in [0.29, 0.717) is 11.3 Å². The molecular formula is C14H9FN2. The molecule has 0 aromatic heterocycles. The molecule has 2 nitrogen and oxygen atoms in total. The summed E-state index contributed by atoms with van der Waals surface area (Å²) >= 11 is 0. The zero-order chi connectivity index (χ0) is 12.1. The van der Waals surface area contributed by atoms with Crippen molar-refractivity contribution in [1.82, 2.24) is 0 Å². The average molecular weight is 224 g/mol. The number of hydrogen-bond donors (Lipinski definition) is 0. The minimum absolute atomic E-state index is 0.314. The molecule has 0 unspecified atom stereocenters. The van der Waals surface area contributed by atoms with Gasteiger partial charge >= 0.3 is 0 Å². The van der Waals surface area contributed by atoms with Crippen molar-refractivity contribution in [2.24, 2.45) is 4.99 Å². The van der Waals surface area contributed by atoms with Gasteiger partial charge in [0.05, 0.1) is 17.3 Å². The van der Waals surface area contributed by atoms with Crippen LogP contribution >= 0.6 is 0 Å². The molecule has 2 aromatic carbocycles. The first-order chi connectivity index (χ1) is 8.28.